The molecule has 1 amide bonds. The number of rotatable bonds is 6. The smallest absolute Gasteiger partial charge is 0.329 e. The van der Waals surface area contributed by atoms with Crippen molar-refractivity contribution in [1.29, 1.82) is 0 Å². The quantitative estimate of drug-likeness (QED) is 0.808. The zero-order valence-corrected chi connectivity index (χ0v) is 13.8. The van der Waals surface area contributed by atoms with Gasteiger partial charge in [-0.25, -0.2) is 4.79 Å². The van der Waals surface area contributed by atoms with Gasteiger partial charge in [-0.1, -0.05) is 29.3 Å². The molecule has 0 aromatic heterocycles. The lowest BCUT2D eigenvalue weighted by Gasteiger charge is -2.31. The van der Waals surface area contributed by atoms with Crippen LogP contribution >= 0.6 is 23.2 Å². The van der Waals surface area contributed by atoms with Crippen LogP contribution in [0.3, 0.4) is 0 Å². The van der Waals surface area contributed by atoms with Crippen LogP contribution < -0.4 is 5.32 Å². The van der Waals surface area contributed by atoms with Crippen LogP contribution in [0.5, 0.6) is 0 Å². The van der Waals surface area contributed by atoms with Gasteiger partial charge < -0.3 is 19.9 Å². The summed E-state index contributed by atoms with van der Waals surface area (Å²) >= 11 is 12.1. The molecule has 0 bridgehead atoms. The number of carbonyl (C=O) groups excluding carboxylic acids is 1. The third-order valence-electron chi connectivity index (χ3n) is 3.46. The van der Waals surface area contributed by atoms with E-state index in [1.54, 1.807) is 18.2 Å². The molecule has 1 saturated heterocycles. The van der Waals surface area contributed by atoms with E-state index >= 15 is 0 Å². The summed E-state index contributed by atoms with van der Waals surface area (Å²) in [6.07, 6.45) is 0.150. The number of carboxylic acid groups (broad SMARTS) is 1. The zero-order chi connectivity index (χ0) is 16.8. The third-order valence-corrected chi connectivity index (χ3v) is 4.17. The van der Waals surface area contributed by atoms with Crippen molar-refractivity contribution in [2.24, 2.45) is 0 Å². The van der Waals surface area contributed by atoms with E-state index in [0.717, 1.165) is 0 Å². The summed E-state index contributed by atoms with van der Waals surface area (Å²) in [4.78, 5) is 22.8. The maximum atomic E-state index is 12.2. The van der Waals surface area contributed by atoms with Crippen LogP contribution in [-0.4, -0.2) is 48.9 Å². The van der Waals surface area contributed by atoms with Crippen molar-refractivity contribution in [2.45, 2.75) is 25.0 Å². The number of benzene rings is 1. The van der Waals surface area contributed by atoms with Crippen LogP contribution in [0, 0.1) is 0 Å². The maximum Gasteiger partial charge on any atom is 0.329 e. The van der Waals surface area contributed by atoms with Gasteiger partial charge in [0.05, 0.1) is 25.2 Å². The van der Waals surface area contributed by atoms with Gasteiger partial charge >= 0.3 is 5.97 Å². The number of nitrogens with one attached hydrogen (secondary N) is 1. The molecule has 0 unspecified atom stereocenters. The third kappa shape index (κ3) is 5.35. The number of halogens is 2. The van der Waals surface area contributed by atoms with Crippen LogP contribution in [0.25, 0.3) is 0 Å². The predicted molar refractivity (Wildman–Crippen MR) is 84.9 cm³/mol. The van der Waals surface area contributed by atoms with Crippen LogP contribution in [0.1, 0.15) is 12.0 Å². The van der Waals surface area contributed by atoms with Gasteiger partial charge in [0.25, 0.3) is 0 Å². The van der Waals surface area contributed by atoms with Crippen molar-refractivity contribution in [3.05, 3.63) is 33.8 Å². The molecule has 2 atom stereocenters. The number of carboxylic acids is 1. The number of ether oxygens (including phenoxy) is 2. The predicted octanol–water partition coefficient (Wildman–Crippen LogP) is 1.91. The number of aliphatic carboxylic acids is 1. The SMILES string of the molecule is O=C(O)CO[C@@H]1CCOC[C@@H]1NC(=O)Cc1c(Cl)cccc1Cl. The molecule has 126 valence electrons. The molecule has 0 spiro atoms. The maximum absolute atomic E-state index is 12.2. The zero-order valence-electron chi connectivity index (χ0n) is 12.3. The van der Waals surface area contributed by atoms with Gasteiger partial charge in [0, 0.05) is 16.7 Å². The van der Waals surface area contributed by atoms with Crippen molar-refractivity contribution in [1.82, 2.24) is 5.32 Å². The highest BCUT2D eigenvalue weighted by molar-refractivity contribution is 6.36. The molecule has 1 heterocycles. The first-order valence-electron chi connectivity index (χ1n) is 7.10. The molecule has 0 saturated carbocycles. The second kappa shape index (κ2) is 8.49. The molecule has 1 aromatic rings. The Morgan fingerprint density at radius 1 is 1.35 bits per heavy atom. The van der Waals surface area contributed by atoms with Gasteiger partial charge in [0.2, 0.25) is 5.91 Å². The fourth-order valence-corrected chi connectivity index (χ4v) is 2.88. The minimum atomic E-state index is -1.05. The standard InChI is InChI=1S/C15H17Cl2NO5/c16-10-2-1-3-11(17)9(10)6-14(19)18-12-7-22-5-4-13(12)23-8-15(20)21/h1-3,12-13H,4-8H2,(H,18,19)(H,20,21)/t12-,13+/m0/s1. The average Bonchev–Trinajstić information content (AvgIpc) is 2.50. The molecule has 8 heteroatoms. The topological polar surface area (TPSA) is 84.9 Å². The van der Waals surface area contributed by atoms with Crippen LogP contribution in [0.4, 0.5) is 0 Å². The van der Waals surface area contributed by atoms with E-state index in [2.05, 4.69) is 5.32 Å². The largest absolute Gasteiger partial charge is 0.480 e. The second-order valence-electron chi connectivity index (χ2n) is 5.16. The average molecular weight is 362 g/mol. The Labute approximate surface area is 143 Å². The number of amides is 1. The minimum absolute atomic E-state index is 0.0284. The summed E-state index contributed by atoms with van der Waals surface area (Å²) in [6.45, 7) is 0.326. The number of carbonyl (C=O) groups is 2. The summed E-state index contributed by atoms with van der Waals surface area (Å²) in [7, 11) is 0. The molecule has 2 N–H and O–H groups in total. The van der Waals surface area contributed by atoms with Crippen molar-refractivity contribution < 1.29 is 24.2 Å². The van der Waals surface area contributed by atoms with Crippen LogP contribution in [-0.2, 0) is 25.5 Å². The first kappa shape index (κ1) is 18.0. The first-order valence-corrected chi connectivity index (χ1v) is 7.86. The molecule has 6 nitrogen and oxygen atoms in total. The fourth-order valence-electron chi connectivity index (χ4n) is 2.35. The van der Waals surface area contributed by atoms with Gasteiger partial charge in [0.15, 0.2) is 0 Å². The first-order chi connectivity index (χ1) is 11.0. The van der Waals surface area contributed by atoms with Gasteiger partial charge in [-0.05, 0) is 24.1 Å². The lowest BCUT2D eigenvalue weighted by Crippen LogP contribution is -2.51. The lowest BCUT2D eigenvalue weighted by molar-refractivity contribution is -0.148. The fraction of sp³-hybridized carbons (Fsp3) is 0.467. The molecule has 1 aliphatic heterocycles. The molecule has 0 radical (unpaired) electrons. The van der Waals surface area contributed by atoms with E-state index in [4.69, 9.17) is 37.8 Å². The Hall–Kier alpha value is -1.34. The van der Waals surface area contributed by atoms with Crippen LogP contribution in [0.15, 0.2) is 18.2 Å². The second-order valence-corrected chi connectivity index (χ2v) is 5.97. The van der Waals surface area contributed by atoms with E-state index in [0.29, 0.717) is 28.6 Å². The molecular weight excluding hydrogens is 345 g/mol. The van der Waals surface area contributed by atoms with Gasteiger partial charge in [-0.3, -0.25) is 4.79 Å². The summed E-state index contributed by atoms with van der Waals surface area (Å²) in [5.74, 6) is -1.33. The Kier molecular flexibility index (Phi) is 6.65. The summed E-state index contributed by atoms with van der Waals surface area (Å²) in [5, 5.41) is 12.3. The molecular formula is C15H17Cl2NO5. The number of hydrogen-bond donors (Lipinski definition) is 2. The highest BCUT2D eigenvalue weighted by Crippen LogP contribution is 2.24. The monoisotopic (exact) mass is 361 g/mol. The van der Waals surface area contributed by atoms with E-state index in [9.17, 15) is 9.59 Å². The lowest BCUT2D eigenvalue weighted by atomic mass is 10.1. The molecule has 23 heavy (non-hydrogen) atoms. The number of hydrogen-bond acceptors (Lipinski definition) is 4. The highest BCUT2D eigenvalue weighted by atomic mass is 35.5. The van der Waals surface area contributed by atoms with E-state index < -0.39 is 24.7 Å². The van der Waals surface area contributed by atoms with Crippen molar-refractivity contribution in [3.63, 3.8) is 0 Å². The molecule has 1 aliphatic rings. The Bertz CT molecular complexity index is 561. The molecule has 1 aromatic carbocycles. The van der Waals surface area contributed by atoms with E-state index in [1.807, 2.05) is 0 Å². The normalized spacial score (nSPS) is 21.0. The van der Waals surface area contributed by atoms with E-state index in [1.165, 1.54) is 0 Å². The van der Waals surface area contributed by atoms with Gasteiger partial charge in [0.1, 0.15) is 6.61 Å². The Morgan fingerprint density at radius 2 is 2.04 bits per heavy atom. The van der Waals surface area contributed by atoms with Crippen molar-refractivity contribution in [3.8, 4) is 0 Å². The molecule has 2 rings (SSSR count). The van der Waals surface area contributed by atoms with Crippen LogP contribution in [0.2, 0.25) is 10.0 Å². The highest BCUT2D eigenvalue weighted by Gasteiger charge is 2.28. The molecule has 1 fully saturated rings. The summed E-state index contributed by atoms with van der Waals surface area (Å²) in [6, 6.07) is 4.63. The minimum Gasteiger partial charge on any atom is -0.480 e. The van der Waals surface area contributed by atoms with Gasteiger partial charge in [-0.15, -0.1) is 0 Å². The summed E-state index contributed by atoms with van der Waals surface area (Å²) in [5.41, 5.74) is 0.549. The summed E-state index contributed by atoms with van der Waals surface area (Å²) < 4.78 is 10.6. The Morgan fingerprint density at radius 3 is 2.70 bits per heavy atom. The van der Waals surface area contributed by atoms with E-state index in [-0.39, 0.29) is 18.9 Å². The Balaban J connectivity index is 1.95. The van der Waals surface area contributed by atoms with Crippen molar-refractivity contribution in [2.75, 3.05) is 19.8 Å². The van der Waals surface area contributed by atoms with Crippen molar-refractivity contribution >= 4 is 35.1 Å². The molecule has 0 aliphatic carbocycles. The van der Waals surface area contributed by atoms with Gasteiger partial charge in [-0.2, -0.15) is 0 Å².